The van der Waals surface area contributed by atoms with Crippen LogP contribution in [0.5, 0.6) is 11.5 Å². The van der Waals surface area contributed by atoms with Crippen LogP contribution in [0.2, 0.25) is 5.02 Å². The number of ether oxygens (including phenoxy) is 1. The summed E-state index contributed by atoms with van der Waals surface area (Å²) in [6.07, 6.45) is 1.46. The van der Waals surface area contributed by atoms with Crippen LogP contribution in [0.3, 0.4) is 0 Å². The number of aromatic hydroxyl groups is 1. The smallest absolute Gasteiger partial charge is 0.250 e. The van der Waals surface area contributed by atoms with Gasteiger partial charge in [0.15, 0.2) is 22.5 Å². The fourth-order valence-electron chi connectivity index (χ4n) is 3.13. The summed E-state index contributed by atoms with van der Waals surface area (Å²) in [6.45, 7) is 0. The van der Waals surface area contributed by atoms with Crippen molar-refractivity contribution in [2.24, 2.45) is 5.10 Å². The van der Waals surface area contributed by atoms with Gasteiger partial charge in [-0.05, 0) is 57.9 Å². The van der Waals surface area contributed by atoms with Crippen molar-refractivity contribution < 1.29 is 14.6 Å². The molecule has 0 saturated carbocycles. The largest absolute Gasteiger partial charge is 0.503 e. The number of amides is 1. The molecule has 11 heteroatoms. The Kier molecular flexibility index (Phi) is 8.06. The summed E-state index contributed by atoms with van der Waals surface area (Å²) >= 11 is 10.6. The van der Waals surface area contributed by atoms with E-state index in [9.17, 15) is 9.90 Å². The Morgan fingerprint density at radius 3 is 2.66 bits per heavy atom. The van der Waals surface area contributed by atoms with Gasteiger partial charge in [-0.3, -0.25) is 9.36 Å². The molecule has 2 N–H and O–H groups in total. The summed E-state index contributed by atoms with van der Waals surface area (Å²) in [5.41, 5.74) is 4.85. The number of hydrogen-bond acceptors (Lipinski definition) is 7. The Morgan fingerprint density at radius 2 is 1.94 bits per heavy atom. The third kappa shape index (κ3) is 6.02. The van der Waals surface area contributed by atoms with Gasteiger partial charge in [0.1, 0.15) is 0 Å². The van der Waals surface area contributed by atoms with Crippen LogP contribution < -0.4 is 10.2 Å². The summed E-state index contributed by atoms with van der Waals surface area (Å²) in [6, 6.07) is 20.3. The van der Waals surface area contributed by atoms with Crippen LogP contribution in [0.1, 0.15) is 5.56 Å². The minimum absolute atomic E-state index is 0.00948. The van der Waals surface area contributed by atoms with E-state index in [4.69, 9.17) is 16.3 Å². The molecular formula is C24H19BrClN5O3S. The van der Waals surface area contributed by atoms with Crippen molar-refractivity contribution in [3.8, 4) is 28.6 Å². The molecule has 0 bridgehead atoms. The van der Waals surface area contributed by atoms with Crippen LogP contribution in [0, 0.1) is 0 Å². The Bertz CT molecular complexity index is 1360. The van der Waals surface area contributed by atoms with Crippen molar-refractivity contribution in [3.63, 3.8) is 0 Å². The number of carbonyl (C=O) groups excluding carboxylic acids is 1. The standard InChI is InChI=1S/C24H19BrClN5O3S/c1-34-20-12-15(11-19(25)22(20)33)13-27-28-21(32)14-35-24-30-29-23(16-5-3-2-4-6-16)31(24)18-9-7-17(26)8-10-18/h2-13,33H,14H2,1H3,(H,28,32). The third-order valence-corrected chi connectivity index (χ3v) is 6.54. The average Bonchev–Trinajstić information content (AvgIpc) is 3.29. The van der Waals surface area contributed by atoms with Crippen LogP contribution in [-0.4, -0.2) is 44.9 Å². The molecule has 1 amide bonds. The van der Waals surface area contributed by atoms with E-state index in [1.54, 1.807) is 24.3 Å². The molecule has 0 aliphatic heterocycles. The topological polar surface area (TPSA) is 102 Å². The van der Waals surface area contributed by atoms with Gasteiger partial charge in [-0.25, -0.2) is 5.43 Å². The van der Waals surface area contributed by atoms with Gasteiger partial charge < -0.3 is 9.84 Å². The van der Waals surface area contributed by atoms with Crippen LogP contribution in [0.25, 0.3) is 17.1 Å². The van der Waals surface area contributed by atoms with E-state index in [0.717, 1.165) is 11.3 Å². The number of nitrogens with one attached hydrogen (secondary N) is 1. The van der Waals surface area contributed by atoms with E-state index < -0.39 is 0 Å². The first-order valence-electron chi connectivity index (χ1n) is 10.2. The van der Waals surface area contributed by atoms with Crippen LogP contribution in [0.4, 0.5) is 0 Å². The minimum Gasteiger partial charge on any atom is -0.503 e. The van der Waals surface area contributed by atoms with Crippen molar-refractivity contribution in [2.45, 2.75) is 5.16 Å². The molecule has 0 aliphatic rings. The molecule has 178 valence electrons. The van der Waals surface area contributed by atoms with E-state index in [1.807, 2.05) is 47.0 Å². The molecule has 0 radical (unpaired) electrons. The quantitative estimate of drug-likeness (QED) is 0.169. The summed E-state index contributed by atoms with van der Waals surface area (Å²) in [7, 11) is 1.45. The molecule has 8 nitrogen and oxygen atoms in total. The highest BCUT2D eigenvalue weighted by Crippen LogP contribution is 2.34. The third-order valence-electron chi connectivity index (χ3n) is 4.76. The van der Waals surface area contributed by atoms with Crippen molar-refractivity contribution in [3.05, 3.63) is 81.8 Å². The zero-order valence-corrected chi connectivity index (χ0v) is 21.5. The first-order valence-corrected chi connectivity index (χ1v) is 12.4. The molecule has 0 unspecified atom stereocenters. The lowest BCUT2D eigenvalue weighted by molar-refractivity contribution is -0.118. The van der Waals surface area contributed by atoms with Gasteiger partial charge >= 0.3 is 0 Å². The molecule has 0 saturated heterocycles. The lowest BCUT2D eigenvalue weighted by Gasteiger charge is -2.10. The minimum atomic E-state index is -0.317. The molecule has 1 aromatic heterocycles. The molecule has 4 aromatic rings. The van der Waals surface area contributed by atoms with E-state index >= 15 is 0 Å². The molecule has 0 atom stereocenters. The van der Waals surface area contributed by atoms with Crippen LogP contribution >= 0.6 is 39.3 Å². The van der Waals surface area contributed by atoms with Crippen molar-refractivity contribution in [2.75, 3.05) is 12.9 Å². The average molecular weight is 573 g/mol. The Hall–Kier alpha value is -3.34. The second-order valence-corrected chi connectivity index (χ2v) is 9.35. The van der Waals surface area contributed by atoms with Gasteiger partial charge in [-0.15, -0.1) is 10.2 Å². The van der Waals surface area contributed by atoms with E-state index in [2.05, 4.69) is 36.7 Å². The predicted molar refractivity (Wildman–Crippen MR) is 141 cm³/mol. The number of nitrogens with zero attached hydrogens (tertiary/aromatic N) is 4. The summed E-state index contributed by atoms with van der Waals surface area (Å²) < 4.78 is 7.45. The van der Waals surface area contributed by atoms with Crippen molar-refractivity contribution in [1.82, 2.24) is 20.2 Å². The maximum atomic E-state index is 12.4. The monoisotopic (exact) mass is 571 g/mol. The Labute approximate surface area is 219 Å². The molecule has 0 fully saturated rings. The zero-order valence-electron chi connectivity index (χ0n) is 18.4. The molecule has 3 aromatic carbocycles. The SMILES string of the molecule is COc1cc(C=NNC(=O)CSc2nnc(-c3ccccc3)n2-c2ccc(Cl)cc2)cc(Br)c1O. The first-order chi connectivity index (χ1) is 17.0. The highest BCUT2D eigenvalue weighted by Gasteiger charge is 2.17. The first kappa shape index (κ1) is 24.8. The number of hydrogen-bond donors (Lipinski definition) is 2. The highest BCUT2D eigenvalue weighted by molar-refractivity contribution is 9.10. The Morgan fingerprint density at radius 1 is 1.20 bits per heavy atom. The second kappa shape index (κ2) is 11.4. The van der Waals surface area contributed by atoms with Gasteiger partial charge in [0.2, 0.25) is 0 Å². The lowest BCUT2D eigenvalue weighted by Crippen LogP contribution is -2.20. The van der Waals surface area contributed by atoms with Crippen LogP contribution in [-0.2, 0) is 4.79 Å². The van der Waals surface area contributed by atoms with Gasteiger partial charge in [0.25, 0.3) is 5.91 Å². The number of rotatable bonds is 8. The number of thioether (sulfide) groups is 1. The molecular weight excluding hydrogens is 554 g/mol. The Balaban J connectivity index is 1.48. The summed E-state index contributed by atoms with van der Waals surface area (Å²) in [4.78, 5) is 12.4. The maximum Gasteiger partial charge on any atom is 0.250 e. The molecule has 4 rings (SSSR count). The number of phenols is 1. The zero-order chi connectivity index (χ0) is 24.8. The van der Waals surface area contributed by atoms with Gasteiger partial charge in [-0.2, -0.15) is 5.10 Å². The second-order valence-electron chi connectivity index (χ2n) is 7.12. The molecule has 0 spiro atoms. The number of carbonyl (C=O) groups is 1. The normalized spacial score (nSPS) is 11.1. The fraction of sp³-hybridized carbons (Fsp3) is 0.0833. The summed E-state index contributed by atoms with van der Waals surface area (Å²) in [5.74, 6) is 0.687. The number of benzene rings is 3. The predicted octanol–water partition coefficient (Wildman–Crippen LogP) is 5.31. The summed E-state index contributed by atoms with van der Waals surface area (Å²) in [5, 5.41) is 23.7. The van der Waals surface area contributed by atoms with Gasteiger partial charge in [-0.1, -0.05) is 53.7 Å². The number of aromatic nitrogens is 3. The number of phenolic OH excluding ortho intramolecular Hbond substituents is 1. The van der Waals surface area contributed by atoms with Gasteiger partial charge in [0, 0.05) is 16.3 Å². The van der Waals surface area contributed by atoms with Crippen molar-refractivity contribution in [1.29, 1.82) is 0 Å². The van der Waals surface area contributed by atoms with E-state index in [0.29, 0.717) is 31.8 Å². The fourth-order valence-corrected chi connectivity index (χ4v) is 4.46. The highest BCUT2D eigenvalue weighted by atomic mass is 79.9. The number of halogens is 2. The lowest BCUT2D eigenvalue weighted by atomic mass is 10.2. The van der Waals surface area contributed by atoms with Crippen molar-refractivity contribution >= 4 is 51.4 Å². The molecule has 1 heterocycles. The van der Waals surface area contributed by atoms with E-state index in [-0.39, 0.29) is 17.4 Å². The van der Waals surface area contributed by atoms with Gasteiger partial charge in [0.05, 0.1) is 23.5 Å². The van der Waals surface area contributed by atoms with Crippen LogP contribution in [0.15, 0.2) is 81.5 Å². The molecule has 35 heavy (non-hydrogen) atoms. The van der Waals surface area contributed by atoms with E-state index in [1.165, 1.54) is 25.1 Å². The number of hydrazone groups is 1. The number of methoxy groups -OCH3 is 1. The molecule has 0 aliphatic carbocycles. The maximum absolute atomic E-state index is 12.4.